The molecule has 3 rings (SSSR count). The van der Waals surface area contributed by atoms with Gasteiger partial charge in [-0.2, -0.15) is 0 Å². The topological polar surface area (TPSA) is 50.9 Å². The van der Waals surface area contributed by atoms with Crippen LogP contribution in [0.3, 0.4) is 0 Å². The van der Waals surface area contributed by atoms with Crippen LogP contribution in [0.4, 0.5) is 0 Å². The van der Waals surface area contributed by atoms with E-state index >= 15 is 0 Å². The Kier molecular flexibility index (Phi) is 2.16. The second-order valence-corrected chi connectivity index (χ2v) is 4.95. The molecule has 0 spiro atoms. The summed E-state index contributed by atoms with van der Waals surface area (Å²) in [5.41, 5.74) is 3.69. The van der Waals surface area contributed by atoms with Crippen molar-refractivity contribution in [2.24, 2.45) is 7.05 Å². The van der Waals surface area contributed by atoms with Gasteiger partial charge < -0.3 is 9.67 Å². The number of rotatable bonds is 1. The number of aromatic hydroxyl groups is 1. The lowest BCUT2D eigenvalue weighted by molar-refractivity contribution is 0.485. The summed E-state index contributed by atoms with van der Waals surface area (Å²) < 4.78 is 1.98. The molecule has 86 valence electrons. The highest BCUT2D eigenvalue weighted by Crippen LogP contribution is 2.33. The predicted octanol–water partition coefficient (Wildman–Crippen LogP) is 2.71. The van der Waals surface area contributed by atoms with Crippen LogP contribution in [0, 0.1) is 6.92 Å². The van der Waals surface area contributed by atoms with Crippen LogP contribution in [-0.4, -0.2) is 19.6 Å². The lowest BCUT2D eigenvalue weighted by atomic mass is 10.2. The highest BCUT2D eigenvalue weighted by atomic mass is 32.1. The largest absolute Gasteiger partial charge is 0.498 e. The summed E-state index contributed by atoms with van der Waals surface area (Å²) in [5, 5.41) is 10.7. The average Bonchev–Trinajstić information content (AvgIpc) is 2.84. The molecule has 17 heavy (non-hydrogen) atoms. The first-order valence-electron chi connectivity index (χ1n) is 5.23. The average molecular weight is 245 g/mol. The number of benzene rings is 1. The molecule has 2 heterocycles. The van der Waals surface area contributed by atoms with Gasteiger partial charge in [-0.3, -0.25) is 0 Å². The van der Waals surface area contributed by atoms with Crippen molar-refractivity contribution in [3.63, 3.8) is 0 Å². The summed E-state index contributed by atoms with van der Waals surface area (Å²) >= 11 is 1.29. The quantitative estimate of drug-likeness (QED) is 0.717. The number of aryl methyl sites for hydroxylation is 2. The van der Waals surface area contributed by atoms with Gasteiger partial charge in [-0.05, 0) is 25.1 Å². The molecule has 0 aliphatic heterocycles. The molecule has 4 nitrogen and oxygen atoms in total. The fourth-order valence-corrected chi connectivity index (χ4v) is 2.58. The van der Waals surface area contributed by atoms with Gasteiger partial charge in [0.05, 0.1) is 23.1 Å². The van der Waals surface area contributed by atoms with E-state index in [1.165, 1.54) is 11.3 Å². The summed E-state index contributed by atoms with van der Waals surface area (Å²) in [5.74, 6) is 0. The Morgan fingerprint density at radius 1 is 1.35 bits per heavy atom. The SMILES string of the molecule is Cc1nc(-c2ccc3c(c2)ncn3C)sc1O. The van der Waals surface area contributed by atoms with Crippen LogP contribution >= 0.6 is 11.3 Å². The molecular weight excluding hydrogens is 234 g/mol. The van der Waals surface area contributed by atoms with Crippen molar-refractivity contribution >= 4 is 22.4 Å². The minimum absolute atomic E-state index is 0.279. The molecule has 0 aliphatic carbocycles. The van der Waals surface area contributed by atoms with Crippen molar-refractivity contribution < 1.29 is 5.11 Å². The van der Waals surface area contributed by atoms with Crippen LogP contribution in [0.5, 0.6) is 5.06 Å². The Balaban J connectivity index is 2.17. The van der Waals surface area contributed by atoms with Gasteiger partial charge in [-0.25, -0.2) is 9.97 Å². The molecule has 0 atom stereocenters. The van der Waals surface area contributed by atoms with Gasteiger partial charge in [0.1, 0.15) is 5.01 Å². The molecule has 0 saturated heterocycles. The van der Waals surface area contributed by atoms with Crippen molar-refractivity contribution in [1.82, 2.24) is 14.5 Å². The van der Waals surface area contributed by atoms with Crippen LogP contribution in [0.2, 0.25) is 0 Å². The monoisotopic (exact) mass is 245 g/mol. The molecule has 3 aromatic rings. The number of hydrogen-bond donors (Lipinski definition) is 1. The molecule has 0 aliphatic rings. The smallest absolute Gasteiger partial charge is 0.195 e. The summed E-state index contributed by atoms with van der Waals surface area (Å²) in [6.07, 6.45) is 1.79. The van der Waals surface area contributed by atoms with Gasteiger partial charge >= 0.3 is 0 Å². The fourth-order valence-electron chi connectivity index (χ4n) is 1.78. The van der Waals surface area contributed by atoms with Crippen LogP contribution in [0.15, 0.2) is 24.5 Å². The maximum atomic E-state index is 9.56. The van der Waals surface area contributed by atoms with E-state index < -0.39 is 0 Å². The molecule has 0 bridgehead atoms. The third kappa shape index (κ3) is 1.59. The number of aromatic nitrogens is 3. The van der Waals surface area contributed by atoms with Gasteiger partial charge in [0, 0.05) is 12.6 Å². The molecule has 0 amide bonds. The zero-order valence-corrected chi connectivity index (χ0v) is 10.3. The van der Waals surface area contributed by atoms with E-state index in [9.17, 15) is 5.11 Å². The number of hydrogen-bond acceptors (Lipinski definition) is 4. The maximum Gasteiger partial charge on any atom is 0.195 e. The van der Waals surface area contributed by atoms with Crippen LogP contribution < -0.4 is 0 Å². The Labute approximate surface area is 102 Å². The molecule has 0 radical (unpaired) electrons. The van der Waals surface area contributed by atoms with E-state index in [0.29, 0.717) is 5.69 Å². The van der Waals surface area contributed by atoms with Crippen molar-refractivity contribution in [3.05, 3.63) is 30.2 Å². The van der Waals surface area contributed by atoms with Crippen LogP contribution in [0.1, 0.15) is 5.69 Å². The van der Waals surface area contributed by atoms with E-state index in [-0.39, 0.29) is 5.06 Å². The normalized spacial score (nSPS) is 11.2. The van der Waals surface area contributed by atoms with Gasteiger partial charge in [0.15, 0.2) is 5.06 Å². The maximum absolute atomic E-state index is 9.56. The summed E-state index contributed by atoms with van der Waals surface area (Å²) in [7, 11) is 1.97. The molecule has 1 aromatic carbocycles. The minimum atomic E-state index is 0.279. The molecule has 2 aromatic heterocycles. The van der Waals surface area contributed by atoms with Gasteiger partial charge in [-0.1, -0.05) is 11.3 Å². The van der Waals surface area contributed by atoms with Crippen molar-refractivity contribution in [3.8, 4) is 15.6 Å². The van der Waals surface area contributed by atoms with E-state index in [0.717, 1.165) is 21.6 Å². The number of thiazole rings is 1. The summed E-state index contributed by atoms with van der Waals surface area (Å²) in [4.78, 5) is 8.64. The Morgan fingerprint density at radius 2 is 2.18 bits per heavy atom. The zero-order valence-electron chi connectivity index (χ0n) is 9.51. The first-order valence-corrected chi connectivity index (χ1v) is 6.04. The first kappa shape index (κ1) is 10.3. The molecule has 5 heteroatoms. The Hall–Kier alpha value is -1.88. The van der Waals surface area contributed by atoms with E-state index in [2.05, 4.69) is 9.97 Å². The molecule has 0 fully saturated rings. The van der Waals surface area contributed by atoms with Crippen LogP contribution in [-0.2, 0) is 7.05 Å². The van der Waals surface area contributed by atoms with Gasteiger partial charge in [0.2, 0.25) is 0 Å². The second-order valence-electron chi connectivity index (χ2n) is 3.97. The number of nitrogens with zero attached hydrogens (tertiary/aromatic N) is 3. The third-order valence-corrected chi connectivity index (χ3v) is 3.75. The van der Waals surface area contributed by atoms with E-state index in [1.807, 2.05) is 29.8 Å². The summed E-state index contributed by atoms with van der Waals surface area (Å²) in [6.45, 7) is 1.80. The molecule has 1 N–H and O–H groups in total. The minimum Gasteiger partial charge on any atom is -0.498 e. The highest BCUT2D eigenvalue weighted by Gasteiger charge is 2.09. The lowest BCUT2D eigenvalue weighted by Gasteiger charge is -1.97. The van der Waals surface area contributed by atoms with Crippen molar-refractivity contribution in [2.75, 3.05) is 0 Å². The number of imidazole rings is 1. The molecule has 0 saturated carbocycles. The molecule has 0 unspecified atom stereocenters. The standard InChI is InChI=1S/C12H11N3OS/c1-7-12(16)17-11(14-7)8-3-4-10-9(5-8)13-6-15(10)2/h3-6,16H,1-2H3. The molecular formula is C12H11N3OS. The second kappa shape index (κ2) is 3.56. The highest BCUT2D eigenvalue weighted by molar-refractivity contribution is 7.16. The number of fused-ring (bicyclic) bond motifs is 1. The first-order chi connectivity index (χ1) is 8.15. The van der Waals surface area contributed by atoms with Crippen molar-refractivity contribution in [2.45, 2.75) is 6.92 Å². The Bertz CT molecular complexity index is 679. The van der Waals surface area contributed by atoms with Gasteiger partial charge in [0.25, 0.3) is 0 Å². The van der Waals surface area contributed by atoms with Gasteiger partial charge in [-0.15, -0.1) is 0 Å². The Morgan fingerprint density at radius 3 is 2.88 bits per heavy atom. The fraction of sp³-hybridized carbons (Fsp3) is 0.167. The third-order valence-electron chi connectivity index (χ3n) is 2.74. The van der Waals surface area contributed by atoms with E-state index in [1.54, 1.807) is 13.3 Å². The lowest BCUT2D eigenvalue weighted by Crippen LogP contribution is -1.83. The zero-order chi connectivity index (χ0) is 12.0. The van der Waals surface area contributed by atoms with Crippen LogP contribution in [0.25, 0.3) is 21.6 Å². The predicted molar refractivity (Wildman–Crippen MR) is 68.2 cm³/mol. The van der Waals surface area contributed by atoms with Crippen molar-refractivity contribution in [1.29, 1.82) is 0 Å². The van der Waals surface area contributed by atoms with E-state index in [4.69, 9.17) is 0 Å². The summed E-state index contributed by atoms with van der Waals surface area (Å²) in [6, 6.07) is 6.01.